The van der Waals surface area contributed by atoms with Crippen molar-refractivity contribution in [2.75, 3.05) is 0 Å². The van der Waals surface area contributed by atoms with Gasteiger partial charge in [0.15, 0.2) is 0 Å². The van der Waals surface area contributed by atoms with Gasteiger partial charge in [-0.1, -0.05) is 0 Å². The molecule has 0 aromatic heterocycles. The van der Waals surface area contributed by atoms with Crippen molar-refractivity contribution >= 4 is 34.2 Å². The zero-order chi connectivity index (χ0) is 32.6. The van der Waals surface area contributed by atoms with Crippen LogP contribution in [0.15, 0.2) is 0 Å². The van der Waals surface area contributed by atoms with Crippen molar-refractivity contribution in [2.24, 2.45) is 0 Å². The van der Waals surface area contributed by atoms with Crippen LogP contribution < -0.4 is 0 Å². The van der Waals surface area contributed by atoms with E-state index >= 15 is 0 Å². The summed E-state index contributed by atoms with van der Waals surface area (Å²) in [5.74, 6) is 0. The molecule has 0 aliphatic heterocycles. The van der Waals surface area contributed by atoms with Crippen LogP contribution in [0, 0.1) is 0 Å². The Kier molecular flexibility index (Phi) is 19.2. The van der Waals surface area contributed by atoms with Gasteiger partial charge in [0, 0.05) is 0 Å². The Bertz CT molecular complexity index is 568. The van der Waals surface area contributed by atoms with Gasteiger partial charge in [0.05, 0.1) is 0 Å². The third kappa shape index (κ3) is 12.2. The van der Waals surface area contributed by atoms with Crippen molar-refractivity contribution in [3.63, 3.8) is 0 Å². The molecule has 0 heterocycles. The van der Waals surface area contributed by atoms with Crippen LogP contribution >= 0.6 is 34.2 Å². The molecule has 0 unspecified atom stereocenters. The van der Waals surface area contributed by atoms with E-state index in [2.05, 4.69) is 14.2 Å². The maximum atomic E-state index is 7.01. The number of halogens is 1. The molecule has 0 bridgehead atoms. The first kappa shape index (κ1) is 42.9. The molecule has 0 radical (unpaired) electrons. The van der Waals surface area contributed by atoms with E-state index in [1.165, 1.54) is 0 Å². The summed E-state index contributed by atoms with van der Waals surface area (Å²) in [5, 5.41) is 0. The van der Waals surface area contributed by atoms with Gasteiger partial charge in [-0.15, -0.1) is 0 Å². The normalized spacial score (nSPS) is 17.8. The molecule has 14 heteroatoms. The Morgan fingerprint density at radius 3 is 0.463 bits per heavy atom. The van der Waals surface area contributed by atoms with Crippen LogP contribution in [0.1, 0.15) is 125 Å². The SMILES string of the molecule is CC(C)O[PH](OC(C)C)(OC(C)C)[Co]([Br])([PH](OC(C)C)(OC(C)C)OC(C)C)[PH](OC(C)C)(OC(C)C)OC(C)C. The minimum atomic E-state index is -4.01. The number of hydrogen-bond donors (Lipinski definition) is 0. The summed E-state index contributed by atoms with van der Waals surface area (Å²) in [4.78, 5) is 0. The van der Waals surface area contributed by atoms with E-state index in [1.54, 1.807) is 0 Å². The second-order valence-electron chi connectivity index (χ2n) is 12.3. The van der Waals surface area contributed by atoms with Crippen molar-refractivity contribution in [1.82, 2.24) is 0 Å². The Balaban J connectivity index is 8.77. The molecule has 0 rings (SSSR count). The van der Waals surface area contributed by atoms with E-state index in [4.69, 9.17) is 40.7 Å². The second-order valence-corrected chi connectivity index (χ2v) is 43.9. The van der Waals surface area contributed by atoms with Crippen molar-refractivity contribution in [3.8, 4) is 0 Å². The zero-order valence-electron chi connectivity index (χ0n) is 29.1. The molecule has 0 aromatic rings. The van der Waals surface area contributed by atoms with E-state index in [9.17, 15) is 0 Å². The van der Waals surface area contributed by atoms with Crippen molar-refractivity contribution in [2.45, 2.75) is 180 Å². The molecule has 41 heavy (non-hydrogen) atoms. The molecule has 0 aromatic carbocycles. The first-order valence-corrected chi connectivity index (χ1v) is 26.9. The predicted molar refractivity (Wildman–Crippen MR) is 180 cm³/mol. The fourth-order valence-electron chi connectivity index (χ4n) is 3.55. The first-order chi connectivity index (χ1) is 18.5. The summed E-state index contributed by atoms with van der Waals surface area (Å²) in [6.45, 7) is 23.5. The molecule has 0 saturated carbocycles. The Morgan fingerprint density at radius 2 is 0.390 bits per heavy atom. The summed E-state index contributed by atoms with van der Waals surface area (Å²) < 4.78 is 63.1. The van der Waals surface area contributed by atoms with Gasteiger partial charge in [-0.3, -0.25) is 0 Å². The molecule has 0 aliphatic rings. The summed E-state index contributed by atoms with van der Waals surface area (Å²) in [6, 6.07) is 0. The fourth-order valence-corrected chi connectivity index (χ4v) is 50.3. The van der Waals surface area contributed by atoms with E-state index in [1.807, 2.05) is 125 Å². The molecule has 0 amide bonds. The standard InChI is InChI=1S/3C9H22O3P.BrH.Co/c3*1-7(2)10-13(11-8(3)4)12-9(5)6;;/h3*7-9,13H,1-6H3;1H;/q3*+1;;-2/p-1. The average Bonchev–Trinajstić information content (AvgIpc) is 2.67. The molecule has 0 N–H and O–H groups in total. The van der Waals surface area contributed by atoms with Gasteiger partial charge in [0.2, 0.25) is 0 Å². The monoisotopic (exact) mass is 765 g/mol. The summed E-state index contributed by atoms with van der Waals surface area (Å²) in [7, 11) is -3.42. The summed E-state index contributed by atoms with van der Waals surface area (Å²) >= 11 is 4.38. The molecular weight excluding hydrogens is 700 g/mol. The van der Waals surface area contributed by atoms with E-state index in [0.717, 1.165) is 0 Å². The van der Waals surface area contributed by atoms with Gasteiger partial charge >= 0.3 is 264 Å². The number of rotatable bonds is 21. The van der Waals surface area contributed by atoms with Crippen LogP contribution in [0.5, 0.6) is 0 Å². The predicted octanol–water partition coefficient (Wildman–Crippen LogP) is 10.5. The average molecular weight is 767 g/mol. The third-order valence-electron chi connectivity index (χ3n) is 4.18. The molecule has 0 saturated heterocycles. The maximum absolute atomic E-state index is 7.01. The molecule has 259 valence electrons. The van der Waals surface area contributed by atoms with Crippen molar-refractivity contribution < 1.29 is 50.2 Å². The van der Waals surface area contributed by atoms with Gasteiger partial charge in [-0.2, -0.15) is 0 Å². The summed E-state index contributed by atoms with van der Waals surface area (Å²) in [5.41, 5.74) is 0. The van der Waals surface area contributed by atoms with Gasteiger partial charge in [0.1, 0.15) is 0 Å². The van der Waals surface area contributed by atoms with E-state index in [0.29, 0.717) is 0 Å². The third-order valence-corrected chi connectivity index (χ3v) is 50.9. The molecule has 0 fully saturated rings. The van der Waals surface area contributed by atoms with Crippen LogP contribution in [0.2, 0.25) is 0 Å². The van der Waals surface area contributed by atoms with Crippen LogP contribution in [0.3, 0.4) is 0 Å². The van der Waals surface area contributed by atoms with Gasteiger partial charge in [-0.05, 0) is 0 Å². The van der Waals surface area contributed by atoms with Crippen LogP contribution in [-0.4, -0.2) is 54.9 Å². The van der Waals surface area contributed by atoms with Crippen LogP contribution in [0.25, 0.3) is 0 Å². The Morgan fingerprint density at radius 1 is 0.293 bits per heavy atom. The minimum absolute atomic E-state index is 0.275. The molecular formula is C27H66BrCoO9P3. The first-order valence-electron chi connectivity index (χ1n) is 15.0. The summed E-state index contributed by atoms with van der Waals surface area (Å²) in [6.07, 6.45) is -2.47. The number of hydrogen-bond acceptors (Lipinski definition) is 9. The van der Waals surface area contributed by atoms with Gasteiger partial charge < -0.3 is 0 Å². The fraction of sp³-hybridized carbons (Fsp3) is 1.00. The molecule has 0 spiro atoms. The van der Waals surface area contributed by atoms with E-state index < -0.39 is 29.5 Å². The Labute approximate surface area is 263 Å². The quantitative estimate of drug-likeness (QED) is 0.106. The van der Waals surface area contributed by atoms with Gasteiger partial charge in [0.25, 0.3) is 0 Å². The second kappa shape index (κ2) is 18.3. The molecule has 9 nitrogen and oxygen atoms in total. The van der Waals surface area contributed by atoms with Crippen LogP contribution in [0.4, 0.5) is 0 Å². The Hall–Kier alpha value is 1.92. The molecule has 0 atom stereocenters. The molecule has 0 aliphatic carbocycles. The van der Waals surface area contributed by atoms with Crippen molar-refractivity contribution in [3.05, 3.63) is 0 Å². The van der Waals surface area contributed by atoms with Crippen LogP contribution in [-0.2, 0) is 50.2 Å². The zero-order valence-corrected chi connectivity index (χ0v) is 34.7. The topological polar surface area (TPSA) is 83.1 Å². The van der Waals surface area contributed by atoms with Crippen molar-refractivity contribution in [1.29, 1.82) is 0 Å². The van der Waals surface area contributed by atoms with Gasteiger partial charge in [-0.25, -0.2) is 0 Å². The van der Waals surface area contributed by atoms with E-state index in [-0.39, 0.29) is 54.9 Å².